The molecule has 0 unspecified atom stereocenters. The van der Waals surface area contributed by atoms with Crippen LogP contribution < -0.4 is 9.47 Å². The van der Waals surface area contributed by atoms with Gasteiger partial charge in [0.2, 0.25) is 0 Å². The quantitative estimate of drug-likeness (QED) is 0.767. The number of ether oxygens (including phenoxy) is 2. The van der Waals surface area contributed by atoms with Crippen LogP contribution in [0.1, 0.15) is 0 Å². The zero-order valence-corrected chi connectivity index (χ0v) is 10.6. The second-order valence-corrected chi connectivity index (χ2v) is 3.56. The van der Waals surface area contributed by atoms with Crippen molar-refractivity contribution in [2.24, 2.45) is 0 Å². The molecule has 3 rings (SSSR count). The monoisotopic (exact) mass is 266 g/mol. The molecule has 1 N–H and O–H groups in total. The summed E-state index contributed by atoms with van der Waals surface area (Å²) < 4.78 is 10.5. The normalized spacial score (nSPS) is 10.3. The van der Waals surface area contributed by atoms with Gasteiger partial charge >= 0.3 is 0 Å². The number of aromatic nitrogens is 4. The number of aromatic amines is 1. The molecule has 3 aromatic rings. The van der Waals surface area contributed by atoms with Gasteiger partial charge in [0, 0.05) is 11.5 Å². The van der Waals surface area contributed by atoms with Crippen LogP contribution in [-0.2, 0) is 0 Å². The zero-order valence-electron chi connectivity index (χ0n) is 9.80. The molecule has 7 heteroatoms. The fraction of sp³-hybridized carbons (Fsp3) is 0.182. The lowest BCUT2D eigenvalue weighted by molar-refractivity contribution is 0.356. The first-order valence-corrected chi connectivity index (χ1v) is 5.05. The Morgan fingerprint density at radius 1 is 1.00 bits per heavy atom. The number of rotatable bonds is 2. The molecule has 0 saturated carbocycles. The van der Waals surface area contributed by atoms with Gasteiger partial charge in [0.05, 0.1) is 31.3 Å². The fourth-order valence-corrected chi connectivity index (χ4v) is 1.82. The number of nitrogens with zero attached hydrogens (tertiary/aromatic N) is 3. The van der Waals surface area contributed by atoms with Gasteiger partial charge in [-0.25, -0.2) is 0 Å². The van der Waals surface area contributed by atoms with E-state index in [0.29, 0.717) is 17.1 Å². The number of halogens is 1. The van der Waals surface area contributed by atoms with Crippen LogP contribution in [0.4, 0.5) is 0 Å². The van der Waals surface area contributed by atoms with E-state index in [1.54, 1.807) is 26.5 Å². The van der Waals surface area contributed by atoms with E-state index in [0.717, 1.165) is 16.3 Å². The Balaban J connectivity index is 0.00000120. The predicted molar refractivity (Wildman–Crippen MR) is 69.5 cm³/mol. The number of hydrogen-bond donors (Lipinski definition) is 1. The summed E-state index contributed by atoms with van der Waals surface area (Å²) in [5.41, 5.74) is 1.40. The van der Waals surface area contributed by atoms with Gasteiger partial charge in [0.15, 0.2) is 17.1 Å². The molecular weight excluding hydrogens is 256 g/mol. The second kappa shape index (κ2) is 4.66. The lowest BCUT2D eigenvalue weighted by Crippen LogP contribution is -1.93. The number of H-pyrrole nitrogens is 1. The smallest absolute Gasteiger partial charge is 0.178 e. The molecule has 0 atom stereocenters. The Morgan fingerprint density at radius 3 is 2.44 bits per heavy atom. The van der Waals surface area contributed by atoms with Crippen LogP contribution in [0.25, 0.3) is 21.9 Å². The fourth-order valence-electron chi connectivity index (χ4n) is 1.82. The predicted octanol–water partition coefficient (Wildman–Crippen LogP) is 1.95. The molecule has 1 aromatic carbocycles. The third-order valence-electron chi connectivity index (χ3n) is 2.67. The maximum Gasteiger partial charge on any atom is 0.178 e. The van der Waals surface area contributed by atoms with Crippen molar-refractivity contribution in [3.05, 3.63) is 18.3 Å². The summed E-state index contributed by atoms with van der Waals surface area (Å²) in [5.74, 6) is 1.30. The summed E-state index contributed by atoms with van der Waals surface area (Å²) in [7, 11) is 3.19. The highest BCUT2D eigenvalue weighted by Gasteiger charge is 2.10. The Kier molecular flexibility index (Phi) is 3.20. The largest absolute Gasteiger partial charge is 0.493 e. The van der Waals surface area contributed by atoms with Gasteiger partial charge < -0.3 is 9.47 Å². The van der Waals surface area contributed by atoms with E-state index in [1.807, 2.05) is 6.07 Å². The van der Waals surface area contributed by atoms with Crippen molar-refractivity contribution >= 4 is 34.3 Å². The molecule has 0 aliphatic carbocycles. The minimum atomic E-state index is 0. The number of methoxy groups -OCH3 is 2. The minimum absolute atomic E-state index is 0. The molecule has 2 aromatic heterocycles. The molecule has 6 nitrogen and oxygen atoms in total. The minimum Gasteiger partial charge on any atom is -0.493 e. The number of nitrogens with one attached hydrogen (secondary N) is 1. The van der Waals surface area contributed by atoms with E-state index < -0.39 is 0 Å². The summed E-state index contributed by atoms with van der Waals surface area (Å²) >= 11 is 0. The van der Waals surface area contributed by atoms with Gasteiger partial charge in [-0.3, -0.25) is 5.10 Å². The first kappa shape index (κ1) is 12.4. The molecule has 0 fully saturated rings. The highest BCUT2D eigenvalue weighted by Crippen LogP contribution is 2.33. The van der Waals surface area contributed by atoms with Crippen LogP contribution >= 0.6 is 12.4 Å². The Bertz CT molecular complexity index is 698. The molecule has 94 valence electrons. The summed E-state index contributed by atoms with van der Waals surface area (Å²) in [4.78, 5) is 0. The van der Waals surface area contributed by atoms with Crippen LogP contribution in [0, 0.1) is 0 Å². The summed E-state index contributed by atoms with van der Waals surface area (Å²) in [5, 5.41) is 16.7. The van der Waals surface area contributed by atoms with Gasteiger partial charge in [0.1, 0.15) is 0 Å². The number of fused-ring (bicyclic) bond motifs is 3. The van der Waals surface area contributed by atoms with Gasteiger partial charge in [0.25, 0.3) is 0 Å². The molecule has 18 heavy (non-hydrogen) atoms. The average Bonchev–Trinajstić information content (AvgIpc) is 2.85. The van der Waals surface area contributed by atoms with Crippen LogP contribution in [-0.4, -0.2) is 34.6 Å². The van der Waals surface area contributed by atoms with Gasteiger partial charge in [-0.05, 0) is 6.07 Å². The molecule has 0 aliphatic heterocycles. The lowest BCUT2D eigenvalue weighted by Gasteiger charge is -2.08. The van der Waals surface area contributed by atoms with E-state index in [-0.39, 0.29) is 12.4 Å². The van der Waals surface area contributed by atoms with Gasteiger partial charge in [-0.2, -0.15) is 5.10 Å². The highest BCUT2D eigenvalue weighted by atomic mass is 35.5. The first-order valence-electron chi connectivity index (χ1n) is 5.05. The molecule has 2 heterocycles. The maximum absolute atomic E-state index is 5.27. The van der Waals surface area contributed by atoms with Crippen LogP contribution in [0.2, 0.25) is 0 Å². The van der Waals surface area contributed by atoms with Crippen molar-refractivity contribution in [3.63, 3.8) is 0 Å². The molecule has 0 saturated heterocycles. The summed E-state index contributed by atoms with van der Waals surface area (Å²) in [6.45, 7) is 0. The first-order chi connectivity index (χ1) is 8.33. The Morgan fingerprint density at radius 2 is 1.72 bits per heavy atom. The van der Waals surface area contributed by atoms with Crippen LogP contribution in [0.15, 0.2) is 18.3 Å². The average molecular weight is 267 g/mol. The van der Waals surface area contributed by atoms with E-state index in [2.05, 4.69) is 20.4 Å². The maximum atomic E-state index is 5.27. The Labute approximate surface area is 109 Å². The molecule has 0 spiro atoms. The third-order valence-corrected chi connectivity index (χ3v) is 2.67. The Hall–Kier alpha value is -2.08. The lowest BCUT2D eigenvalue weighted by atomic mass is 10.1. The number of hydrogen-bond acceptors (Lipinski definition) is 5. The topological polar surface area (TPSA) is 72.9 Å². The molecule has 0 aliphatic rings. The van der Waals surface area contributed by atoms with Gasteiger partial charge in [-0.1, -0.05) is 0 Å². The van der Waals surface area contributed by atoms with Crippen molar-refractivity contribution in [1.82, 2.24) is 20.4 Å². The molecule has 0 bridgehead atoms. The van der Waals surface area contributed by atoms with E-state index in [4.69, 9.17) is 9.47 Å². The van der Waals surface area contributed by atoms with Crippen molar-refractivity contribution in [1.29, 1.82) is 0 Å². The summed E-state index contributed by atoms with van der Waals surface area (Å²) in [6.07, 6.45) is 1.72. The second-order valence-electron chi connectivity index (χ2n) is 3.56. The summed E-state index contributed by atoms with van der Waals surface area (Å²) in [6, 6.07) is 3.67. The van der Waals surface area contributed by atoms with Crippen LogP contribution in [0.3, 0.4) is 0 Å². The van der Waals surface area contributed by atoms with E-state index >= 15 is 0 Å². The molecular formula is C11H11ClN4O2. The standard InChI is InChI=1S/C11H10N4O2.ClH/c1-16-9-3-6-7-5-12-14-11(7)15-13-8(6)4-10(9)17-2;/h3-5H,1-2H3,(H,12,14,15);1H. The van der Waals surface area contributed by atoms with E-state index in [9.17, 15) is 0 Å². The third kappa shape index (κ3) is 1.70. The van der Waals surface area contributed by atoms with Crippen molar-refractivity contribution in [2.75, 3.05) is 14.2 Å². The van der Waals surface area contributed by atoms with Crippen molar-refractivity contribution in [3.8, 4) is 11.5 Å². The molecule has 0 amide bonds. The molecule has 0 radical (unpaired) electrons. The van der Waals surface area contributed by atoms with Crippen molar-refractivity contribution in [2.45, 2.75) is 0 Å². The highest BCUT2D eigenvalue weighted by molar-refractivity contribution is 6.03. The SMILES string of the molecule is COc1cc2nnc3[nH]ncc3c2cc1OC.Cl. The van der Waals surface area contributed by atoms with E-state index in [1.165, 1.54) is 0 Å². The zero-order chi connectivity index (χ0) is 11.8. The van der Waals surface area contributed by atoms with Gasteiger partial charge in [-0.15, -0.1) is 22.6 Å². The van der Waals surface area contributed by atoms with Crippen LogP contribution in [0.5, 0.6) is 11.5 Å². The van der Waals surface area contributed by atoms with Crippen molar-refractivity contribution < 1.29 is 9.47 Å². The number of benzene rings is 1.